The van der Waals surface area contributed by atoms with E-state index in [-0.39, 0.29) is 6.04 Å². The number of aryl methyl sites for hydroxylation is 1. The van der Waals surface area contributed by atoms with Gasteiger partial charge in [-0.2, -0.15) is 0 Å². The summed E-state index contributed by atoms with van der Waals surface area (Å²) in [6.45, 7) is 1.90. The van der Waals surface area contributed by atoms with Gasteiger partial charge in [-0.05, 0) is 30.1 Å². The molecule has 0 saturated carbocycles. The number of aromatic nitrogens is 2. The minimum Gasteiger partial charge on any atom is -0.319 e. The third-order valence-electron chi connectivity index (χ3n) is 2.21. The summed E-state index contributed by atoms with van der Waals surface area (Å²) in [5.41, 5.74) is 7.89. The fourth-order valence-corrected chi connectivity index (χ4v) is 2.31. The minimum absolute atomic E-state index is 0.237. The molecule has 0 radical (unpaired) electrons. The fourth-order valence-electron chi connectivity index (χ4n) is 1.39. The SMILES string of the molecule is Cc1nnsc1C(N)c1ccccc1Cl. The van der Waals surface area contributed by atoms with Gasteiger partial charge in [-0.1, -0.05) is 34.3 Å². The zero-order valence-electron chi connectivity index (χ0n) is 8.14. The standard InChI is InChI=1S/C10H10ClN3S/c1-6-10(15-14-13-6)9(12)7-4-2-3-5-8(7)11/h2-5,9H,12H2,1H3. The van der Waals surface area contributed by atoms with Gasteiger partial charge in [0.15, 0.2) is 0 Å². The predicted octanol–water partition coefficient (Wildman–Crippen LogP) is 2.55. The highest BCUT2D eigenvalue weighted by Gasteiger charge is 2.16. The first-order valence-corrected chi connectivity index (χ1v) is 5.64. The Morgan fingerprint density at radius 3 is 2.73 bits per heavy atom. The second-order valence-corrected chi connectivity index (χ2v) is 4.41. The highest BCUT2D eigenvalue weighted by molar-refractivity contribution is 7.05. The molecular formula is C10H10ClN3S. The first-order chi connectivity index (χ1) is 7.20. The van der Waals surface area contributed by atoms with E-state index >= 15 is 0 Å². The van der Waals surface area contributed by atoms with Crippen LogP contribution in [0, 0.1) is 6.92 Å². The molecule has 5 heteroatoms. The number of hydrogen-bond acceptors (Lipinski definition) is 4. The van der Waals surface area contributed by atoms with Crippen LogP contribution in [0.15, 0.2) is 24.3 Å². The van der Waals surface area contributed by atoms with E-state index in [4.69, 9.17) is 17.3 Å². The normalized spacial score (nSPS) is 12.7. The highest BCUT2D eigenvalue weighted by atomic mass is 35.5. The summed E-state index contributed by atoms with van der Waals surface area (Å²) in [6, 6.07) is 7.33. The molecule has 0 aliphatic carbocycles. The lowest BCUT2D eigenvalue weighted by molar-refractivity contribution is 0.874. The van der Waals surface area contributed by atoms with Gasteiger partial charge in [-0.15, -0.1) is 5.10 Å². The lowest BCUT2D eigenvalue weighted by atomic mass is 10.1. The van der Waals surface area contributed by atoms with Crippen molar-refractivity contribution in [3.05, 3.63) is 45.4 Å². The molecule has 0 fully saturated rings. The Bertz CT molecular complexity index is 469. The van der Waals surface area contributed by atoms with Crippen molar-refractivity contribution >= 4 is 23.1 Å². The van der Waals surface area contributed by atoms with Crippen molar-refractivity contribution in [1.29, 1.82) is 0 Å². The molecule has 1 aromatic carbocycles. The first-order valence-electron chi connectivity index (χ1n) is 4.49. The van der Waals surface area contributed by atoms with Crippen molar-refractivity contribution < 1.29 is 0 Å². The highest BCUT2D eigenvalue weighted by Crippen LogP contribution is 2.28. The second-order valence-electron chi connectivity index (χ2n) is 3.22. The Labute approximate surface area is 97.1 Å². The molecule has 2 rings (SSSR count). The van der Waals surface area contributed by atoms with Gasteiger partial charge in [-0.3, -0.25) is 0 Å². The number of nitrogens with zero attached hydrogens (tertiary/aromatic N) is 2. The molecule has 1 aromatic heterocycles. The molecule has 15 heavy (non-hydrogen) atoms. The van der Waals surface area contributed by atoms with E-state index in [9.17, 15) is 0 Å². The van der Waals surface area contributed by atoms with Gasteiger partial charge in [0, 0.05) is 5.02 Å². The van der Waals surface area contributed by atoms with E-state index in [1.54, 1.807) is 0 Å². The molecule has 1 heterocycles. The quantitative estimate of drug-likeness (QED) is 0.876. The van der Waals surface area contributed by atoms with Crippen LogP contribution in [-0.2, 0) is 0 Å². The molecular weight excluding hydrogens is 230 g/mol. The molecule has 1 atom stereocenters. The van der Waals surface area contributed by atoms with Crippen molar-refractivity contribution in [2.75, 3.05) is 0 Å². The molecule has 0 aliphatic rings. The molecule has 0 amide bonds. The average Bonchev–Trinajstić information content (AvgIpc) is 2.64. The number of rotatable bonds is 2. The van der Waals surface area contributed by atoms with E-state index < -0.39 is 0 Å². The average molecular weight is 240 g/mol. The van der Waals surface area contributed by atoms with Crippen LogP contribution in [0.25, 0.3) is 0 Å². The number of hydrogen-bond donors (Lipinski definition) is 1. The zero-order valence-corrected chi connectivity index (χ0v) is 9.72. The summed E-state index contributed by atoms with van der Waals surface area (Å²) in [5.74, 6) is 0. The summed E-state index contributed by atoms with van der Waals surface area (Å²) in [4.78, 5) is 0.961. The summed E-state index contributed by atoms with van der Waals surface area (Å²) in [7, 11) is 0. The van der Waals surface area contributed by atoms with E-state index in [1.807, 2.05) is 31.2 Å². The van der Waals surface area contributed by atoms with Crippen LogP contribution in [0.2, 0.25) is 5.02 Å². The summed E-state index contributed by atoms with van der Waals surface area (Å²) >= 11 is 7.39. The molecule has 0 bridgehead atoms. The van der Waals surface area contributed by atoms with Gasteiger partial charge in [-0.25, -0.2) is 0 Å². The topological polar surface area (TPSA) is 51.8 Å². The monoisotopic (exact) mass is 239 g/mol. The Kier molecular flexibility index (Phi) is 3.00. The van der Waals surface area contributed by atoms with E-state index in [1.165, 1.54) is 11.5 Å². The third kappa shape index (κ3) is 2.02. The largest absolute Gasteiger partial charge is 0.319 e. The first kappa shape index (κ1) is 10.5. The summed E-state index contributed by atoms with van der Waals surface area (Å²) < 4.78 is 3.87. The zero-order chi connectivity index (χ0) is 10.8. The Balaban J connectivity index is 2.41. The molecule has 1 unspecified atom stereocenters. The Morgan fingerprint density at radius 2 is 2.13 bits per heavy atom. The van der Waals surface area contributed by atoms with Crippen molar-refractivity contribution in [1.82, 2.24) is 9.59 Å². The van der Waals surface area contributed by atoms with Crippen molar-refractivity contribution in [3.63, 3.8) is 0 Å². The van der Waals surface area contributed by atoms with Crippen molar-refractivity contribution in [3.8, 4) is 0 Å². The van der Waals surface area contributed by atoms with Gasteiger partial charge in [0.2, 0.25) is 0 Å². The lowest BCUT2D eigenvalue weighted by Crippen LogP contribution is -2.11. The maximum absolute atomic E-state index is 6.11. The number of halogens is 1. The molecule has 0 spiro atoms. The van der Waals surface area contributed by atoms with E-state index in [0.29, 0.717) is 5.02 Å². The van der Waals surface area contributed by atoms with Crippen LogP contribution in [-0.4, -0.2) is 9.59 Å². The maximum Gasteiger partial charge on any atom is 0.0776 e. The van der Waals surface area contributed by atoms with Gasteiger partial charge < -0.3 is 5.73 Å². The van der Waals surface area contributed by atoms with Crippen molar-refractivity contribution in [2.24, 2.45) is 5.73 Å². The molecule has 2 aromatic rings. The molecule has 0 aliphatic heterocycles. The van der Waals surface area contributed by atoms with Crippen LogP contribution in [0.1, 0.15) is 22.2 Å². The smallest absolute Gasteiger partial charge is 0.0776 e. The van der Waals surface area contributed by atoms with Crippen molar-refractivity contribution in [2.45, 2.75) is 13.0 Å². The van der Waals surface area contributed by atoms with Gasteiger partial charge in [0.25, 0.3) is 0 Å². The minimum atomic E-state index is -0.237. The summed E-state index contributed by atoms with van der Waals surface area (Å²) in [6.07, 6.45) is 0. The predicted molar refractivity (Wildman–Crippen MR) is 62.1 cm³/mol. The molecule has 0 saturated heterocycles. The van der Waals surface area contributed by atoms with Gasteiger partial charge in [0.1, 0.15) is 0 Å². The van der Waals surface area contributed by atoms with Crippen LogP contribution in [0.4, 0.5) is 0 Å². The molecule has 78 valence electrons. The van der Waals surface area contributed by atoms with E-state index in [2.05, 4.69) is 9.59 Å². The number of benzene rings is 1. The van der Waals surface area contributed by atoms with Gasteiger partial charge >= 0.3 is 0 Å². The van der Waals surface area contributed by atoms with Crippen LogP contribution >= 0.6 is 23.1 Å². The lowest BCUT2D eigenvalue weighted by Gasteiger charge is -2.11. The molecule has 2 N–H and O–H groups in total. The molecule has 3 nitrogen and oxygen atoms in total. The Hall–Kier alpha value is -0.970. The van der Waals surface area contributed by atoms with Gasteiger partial charge in [0.05, 0.1) is 16.6 Å². The maximum atomic E-state index is 6.11. The second kappa shape index (κ2) is 4.26. The van der Waals surface area contributed by atoms with E-state index in [0.717, 1.165) is 16.1 Å². The number of nitrogens with two attached hydrogens (primary N) is 1. The fraction of sp³-hybridized carbons (Fsp3) is 0.200. The third-order valence-corrected chi connectivity index (χ3v) is 3.46. The summed E-state index contributed by atoms with van der Waals surface area (Å²) in [5, 5.41) is 4.62. The Morgan fingerprint density at radius 1 is 1.40 bits per heavy atom. The van der Waals surface area contributed by atoms with Crippen LogP contribution in [0.5, 0.6) is 0 Å². The van der Waals surface area contributed by atoms with Crippen LogP contribution < -0.4 is 5.73 Å². The van der Waals surface area contributed by atoms with Crippen LogP contribution in [0.3, 0.4) is 0 Å².